The molecule has 0 atom stereocenters. The van der Waals surface area contributed by atoms with E-state index in [0.29, 0.717) is 17.3 Å². The molecule has 25 heavy (non-hydrogen) atoms. The van der Waals surface area contributed by atoms with Gasteiger partial charge in [0.25, 0.3) is 0 Å². The highest BCUT2D eigenvalue weighted by Gasteiger charge is 2.19. The minimum absolute atomic E-state index is 0.408. The first kappa shape index (κ1) is 17.5. The number of ether oxygens (including phenoxy) is 1. The molecule has 5 heteroatoms. The Morgan fingerprint density at radius 3 is 2.64 bits per heavy atom. The number of hydrogen-bond acceptors (Lipinski definition) is 4. The van der Waals surface area contributed by atoms with E-state index in [2.05, 4.69) is 10.3 Å². The SMILES string of the molecule is Cc1cc(Nc2ccc(OC(C)(C)CN)c(Cl)c2)c2ccccc2n1. The van der Waals surface area contributed by atoms with Crippen LogP contribution in [0.5, 0.6) is 5.75 Å². The molecule has 1 aromatic heterocycles. The Balaban J connectivity index is 1.91. The van der Waals surface area contributed by atoms with Crippen LogP contribution in [0.25, 0.3) is 10.9 Å². The summed E-state index contributed by atoms with van der Waals surface area (Å²) in [5.74, 6) is 0.624. The molecule has 0 fully saturated rings. The van der Waals surface area contributed by atoms with Gasteiger partial charge in [-0.15, -0.1) is 0 Å². The number of rotatable bonds is 5. The van der Waals surface area contributed by atoms with Crippen LogP contribution in [0.3, 0.4) is 0 Å². The van der Waals surface area contributed by atoms with Gasteiger partial charge in [-0.05, 0) is 51.1 Å². The number of pyridine rings is 1. The summed E-state index contributed by atoms with van der Waals surface area (Å²) in [6, 6.07) is 15.7. The van der Waals surface area contributed by atoms with Gasteiger partial charge in [-0.2, -0.15) is 0 Å². The van der Waals surface area contributed by atoms with Crippen LogP contribution in [0.4, 0.5) is 11.4 Å². The maximum Gasteiger partial charge on any atom is 0.138 e. The topological polar surface area (TPSA) is 60.2 Å². The highest BCUT2D eigenvalue weighted by Crippen LogP contribution is 2.33. The number of nitrogens with one attached hydrogen (secondary N) is 1. The quantitative estimate of drug-likeness (QED) is 0.671. The van der Waals surface area contributed by atoms with E-state index < -0.39 is 5.60 Å². The fourth-order valence-corrected chi connectivity index (χ4v) is 2.79. The number of hydrogen-bond donors (Lipinski definition) is 2. The molecule has 0 aliphatic heterocycles. The van der Waals surface area contributed by atoms with E-state index in [-0.39, 0.29) is 0 Å². The van der Waals surface area contributed by atoms with E-state index in [1.807, 2.05) is 69.3 Å². The third-order valence-corrected chi connectivity index (χ3v) is 4.23. The van der Waals surface area contributed by atoms with Gasteiger partial charge < -0.3 is 15.8 Å². The van der Waals surface area contributed by atoms with Gasteiger partial charge in [0, 0.05) is 29.0 Å². The van der Waals surface area contributed by atoms with Crippen LogP contribution >= 0.6 is 11.6 Å². The van der Waals surface area contributed by atoms with E-state index >= 15 is 0 Å². The van der Waals surface area contributed by atoms with Crippen molar-refractivity contribution < 1.29 is 4.74 Å². The largest absolute Gasteiger partial charge is 0.485 e. The van der Waals surface area contributed by atoms with Crippen molar-refractivity contribution >= 4 is 33.9 Å². The van der Waals surface area contributed by atoms with Crippen molar-refractivity contribution in [1.82, 2.24) is 4.98 Å². The third kappa shape index (κ3) is 4.03. The fourth-order valence-electron chi connectivity index (χ4n) is 2.57. The van der Waals surface area contributed by atoms with Gasteiger partial charge in [0.05, 0.1) is 10.5 Å². The number of nitrogens with zero attached hydrogens (tertiary/aromatic N) is 1. The summed E-state index contributed by atoms with van der Waals surface area (Å²) in [5.41, 5.74) is 9.05. The van der Waals surface area contributed by atoms with E-state index in [4.69, 9.17) is 22.1 Å². The number of benzene rings is 2. The number of para-hydroxylation sites is 1. The molecule has 4 nitrogen and oxygen atoms in total. The lowest BCUT2D eigenvalue weighted by Crippen LogP contribution is -2.37. The van der Waals surface area contributed by atoms with Gasteiger partial charge >= 0.3 is 0 Å². The second kappa shape index (κ2) is 6.90. The summed E-state index contributed by atoms with van der Waals surface area (Å²) in [6.07, 6.45) is 0. The van der Waals surface area contributed by atoms with Crippen LogP contribution in [0.2, 0.25) is 5.02 Å². The van der Waals surface area contributed by atoms with Crippen LogP contribution in [0.15, 0.2) is 48.5 Å². The Labute approximate surface area is 153 Å². The first-order valence-corrected chi connectivity index (χ1v) is 8.58. The van der Waals surface area contributed by atoms with Gasteiger partial charge in [-0.3, -0.25) is 4.98 Å². The van der Waals surface area contributed by atoms with Crippen molar-refractivity contribution in [3.8, 4) is 5.75 Å². The Kier molecular flexibility index (Phi) is 4.84. The molecule has 0 unspecified atom stereocenters. The molecule has 3 aromatic rings. The standard InChI is InChI=1S/C20H22ClN3O/c1-13-10-18(15-6-4-5-7-17(15)23-13)24-14-8-9-19(16(21)11-14)25-20(2,3)12-22/h4-11H,12,22H2,1-3H3,(H,23,24). The van der Waals surface area contributed by atoms with Crippen molar-refractivity contribution in [3.63, 3.8) is 0 Å². The van der Waals surface area contributed by atoms with Crippen molar-refractivity contribution in [2.45, 2.75) is 26.4 Å². The Morgan fingerprint density at radius 2 is 1.92 bits per heavy atom. The molecule has 0 aliphatic carbocycles. The highest BCUT2D eigenvalue weighted by molar-refractivity contribution is 6.32. The van der Waals surface area contributed by atoms with Crippen LogP contribution in [-0.2, 0) is 0 Å². The Hall–Kier alpha value is -2.30. The summed E-state index contributed by atoms with van der Waals surface area (Å²) in [6.45, 7) is 6.25. The van der Waals surface area contributed by atoms with Crippen LogP contribution < -0.4 is 15.8 Å². The molecule has 0 amide bonds. The van der Waals surface area contributed by atoms with E-state index in [9.17, 15) is 0 Å². The van der Waals surface area contributed by atoms with Crippen molar-refractivity contribution in [1.29, 1.82) is 0 Å². The first-order valence-electron chi connectivity index (χ1n) is 8.20. The number of aryl methyl sites for hydroxylation is 1. The molecule has 0 radical (unpaired) electrons. The minimum Gasteiger partial charge on any atom is -0.485 e. The zero-order valence-electron chi connectivity index (χ0n) is 14.6. The van der Waals surface area contributed by atoms with Crippen molar-refractivity contribution in [3.05, 3.63) is 59.2 Å². The molecule has 0 spiro atoms. The van der Waals surface area contributed by atoms with Crippen molar-refractivity contribution in [2.24, 2.45) is 5.73 Å². The molecule has 0 aliphatic rings. The zero-order chi connectivity index (χ0) is 18.0. The maximum absolute atomic E-state index is 6.39. The summed E-state index contributed by atoms with van der Waals surface area (Å²) in [4.78, 5) is 4.56. The van der Waals surface area contributed by atoms with E-state index in [1.165, 1.54) is 0 Å². The van der Waals surface area contributed by atoms with Gasteiger partial charge in [-0.25, -0.2) is 0 Å². The molecular formula is C20H22ClN3O. The molecule has 0 saturated heterocycles. The summed E-state index contributed by atoms with van der Waals surface area (Å²) in [7, 11) is 0. The Bertz CT molecular complexity index is 909. The number of aromatic nitrogens is 1. The second-order valence-corrected chi connectivity index (χ2v) is 7.07. The van der Waals surface area contributed by atoms with Gasteiger partial charge in [-0.1, -0.05) is 29.8 Å². The van der Waals surface area contributed by atoms with Crippen LogP contribution in [0.1, 0.15) is 19.5 Å². The lowest BCUT2D eigenvalue weighted by Gasteiger charge is -2.25. The van der Waals surface area contributed by atoms with Gasteiger partial charge in [0.2, 0.25) is 0 Å². The number of anilines is 2. The lowest BCUT2D eigenvalue weighted by atomic mass is 10.1. The highest BCUT2D eigenvalue weighted by atomic mass is 35.5. The summed E-state index contributed by atoms with van der Waals surface area (Å²) < 4.78 is 5.88. The smallest absolute Gasteiger partial charge is 0.138 e. The van der Waals surface area contributed by atoms with E-state index in [0.717, 1.165) is 28.0 Å². The molecule has 0 bridgehead atoms. The molecule has 2 aromatic carbocycles. The molecule has 0 saturated carbocycles. The monoisotopic (exact) mass is 355 g/mol. The average Bonchev–Trinajstić information content (AvgIpc) is 2.57. The number of fused-ring (bicyclic) bond motifs is 1. The van der Waals surface area contributed by atoms with Crippen LogP contribution in [0, 0.1) is 6.92 Å². The van der Waals surface area contributed by atoms with Crippen LogP contribution in [-0.4, -0.2) is 17.1 Å². The minimum atomic E-state index is -0.461. The summed E-state index contributed by atoms with van der Waals surface area (Å²) in [5, 5.41) is 5.03. The first-order chi connectivity index (χ1) is 11.9. The molecule has 3 rings (SSSR count). The number of halogens is 1. The van der Waals surface area contributed by atoms with Gasteiger partial charge in [0.1, 0.15) is 11.4 Å². The predicted molar refractivity (Wildman–Crippen MR) is 105 cm³/mol. The normalized spacial score (nSPS) is 11.6. The maximum atomic E-state index is 6.39. The molecular weight excluding hydrogens is 334 g/mol. The molecule has 130 valence electrons. The predicted octanol–water partition coefficient (Wildman–Crippen LogP) is 5.06. The lowest BCUT2D eigenvalue weighted by molar-refractivity contribution is 0.119. The second-order valence-electron chi connectivity index (χ2n) is 6.66. The number of nitrogens with two attached hydrogens (primary N) is 1. The molecule has 1 heterocycles. The fraction of sp³-hybridized carbons (Fsp3) is 0.250. The van der Waals surface area contributed by atoms with Crippen molar-refractivity contribution in [2.75, 3.05) is 11.9 Å². The summed E-state index contributed by atoms with van der Waals surface area (Å²) >= 11 is 6.39. The Morgan fingerprint density at radius 1 is 1.16 bits per heavy atom. The van der Waals surface area contributed by atoms with Gasteiger partial charge in [0.15, 0.2) is 0 Å². The third-order valence-electron chi connectivity index (χ3n) is 3.93. The zero-order valence-corrected chi connectivity index (χ0v) is 15.4. The van der Waals surface area contributed by atoms with E-state index in [1.54, 1.807) is 0 Å². The molecule has 3 N–H and O–H groups in total. The average molecular weight is 356 g/mol.